The van der Waals surface area contributed by atoms with Crippen molar-refractivity contribution in [1.29, 1.82) is 0 Å². The Labute approximate surface area is 161 Å². The van der Waals surface area contributed by atoms with Crippen molar-refractivity contribution in [2.75, 3.05) is 21.3 Å². The predicted molar refractivity (Wildman–Crippen MR) is 96.1 cm³/mol. The zero-order valence-corrected chi connectivity index (χ0v) is 15.7. The molecule has 1 aliphatic carbocycles. The summed E-state index contributed by atoms with van der Waals surface area (Å²) in [6.07, 6.45) is 4.02. The Morgan fingerprint density at radius 3 is 2.32 bits per heavy atom. The molecule has 1 aromatic carbocycles. The van der Waals surface area contributed by atoms with Gasteiger partial charge in [0.25, 0.3) is 0 Å². The van der Waals surface area contributed by atoms with E-state index in [0.717, 1.165) is 22.7 Å². The van der Waals surface area contributed by atoms with Gasteiger partial charge in [0.15, 0.2) is 0 Å². The SMILES string of the molecule is COC(=O)N1[C@H]2C=CC(=O)[C@](OCc3ccc(OC)cc3)(C=C2)N1C(=O)OC. The molecular formula is C19H20N2O7. The number of fused-ring (bicyclic) bond motifs is 2. The van der Waals surface area contributed by atoms with Crippen molar-refractivity contribution in [2.24, 2.45) is 0 Å². The molecule has 0 spiro atoms. The third-order valence-electron chi connectivity index (χ3n) is 4.46. The summed E-state index contributed by atoms with van der Waals surface area (Å²) in [4.78, 5) is 37.8. The molecule has 0 aromatic heterocycles. The molecule has 148 valence electrons. The summed E-state index contributed by atoms with van der Waals surface area (Å²) in [5.41, 5.74) is -1.15. The quantitative estimate of drug-likeness (QED) is 0.729. The van der Waals surface area contributed by atoms with Crippen LogP contribution in [0, 0.1) is 0 Å². The van der Waals surface area contributed by atoms with Gasteiger partial charge < -0.3 is 18.9 Å². The van der Waals surface area contributed by atoms with Gasteiger partial charge in [-0.1, -0.05) is 24.3 Å². The van der Waals surface area contributed by atoms with Crippen LogP contribution < -0.4 is 4.74 Å². The molecule has 0 unspecified atom stereocenters. The maximum Gasteiger partial charge on any atom is 0.432 e. The molecule has 28 heavy (non-hydrogen) atoms. The molecular weight excluding hydrogens is 368 g/mol. The summed E-state index contributed by atoms with van der Waals surface area (Å²) in [5, 5.41) is 1.83. The van der Waals surface area contributed by atoms with Crippen molar-refractivity contribution in [3.05, 3.63) is 54.1 Å². The first-order valence-electron chi connectivity index (χ1n) is 8.41. The molecule has 2 amide bonds. The molecule has 2 heterocycles. The first kappa shape index (κ1) is 19.4. The van der Waals surface area contributed by atoms with E-state index in [1.54, 1.807) is 37.5 Å². The van der Waals surface area contributed by atoms with Gasteiger partial charge in [-0.3, -0.25) is 4.79 Å². The highest BCUT2D eigenvalue weighted by molar-refractivity contribution is 6.02. The van der Waals surface area contributed by atoms with E-state index in [1.807, 2.05) is 0 Å². The van der Waals surface area contributed by atoms with E-state index in [1.165, 1.54) is 25.3 Å². The molecule has 0 radical (unpaired) electrons. The van der Waals surface area contributed by atoms with Crippen LogP contribution in [-0.2, 0) is 25.6 Å². The van der Waals surface area contributed by atoms with E-state index in [-0.39, 0.29) is 6.61 Å². The fourth-order valence-electron chi connectivity index (χ4n) is 3.01. The van der Waals surface area contributed by atoms with Gasteiger partial charge in [-0.2, -0.15) is 10.0 Å². The Balaban J connectivity index is 1.99. The van der Waals surface area contributed by atoms with Crippen LogP contribution >= 0.6 is 0 Å². The van der Waals surface area contributed by atoms with Crippen LogP contribution in [0.4, 0.5) is 9.59 Å². The van der Waals surface area contributed by atoms with Crippen LogP contribution in [0.5, 0.6) is 5.75 Å². The maximum atomic E-state index is 12.9. The Hall–Kier alpha value is -3.33. The number of hydrogen-bond donors (Lipinski definition) is 0. The highest BCUT2D eigenvalue weighted by Gasteiger charge is 2.55. The van der Waals surface area contributed by atoms with Crippen molar-refractivity contribution in [3.8, 4) is 5.75 Å². The number of ether oxygens (including phenoxy) is 4. The molecule has 3 aliphatic rings. The third kappa shape index (κ3) is 3.20. The molecule has 2 atom stereocenters. The van der Waals surface area contributed by atoms with Crippen molar-refractivity contribution >= 4 is 18.0 Å². The number of ketones is 1. The van der Waals surface area contributed by atoms with Gasteiger partial charge in [-0.15, -0.1) is 0 Å². The largest absolute Gasteiger partial charge is 0.497 e. The second kappa shape index (κ2) is 7.73. The summed E-state index contributed by atoms with van der Waals surface area (Å²) >= 11 is 0. The minimum atomic E-state index is -1.88. The second-order valence-corrected chi connectivity index (χ2v) is 6.00. The van der Waals surface area contributed by atoms with Crippen LogP contribution in [0.2, 0.25) is 0 Å². The van der Waals surface area contributed by atoms with Gasteiger partial charge in [0.05, 0.1) is 34.0 Å². The van der Waals surface area contributed by atoms with E-state index in [0.29, 0.717) is 5.75 Å². The van der Waals surface area contributed by atoms with E-state index in [4.69, 9.17) is 18.9 Å². The number of carbonyl (C=O) groups excluding carboxylic acids is 3. The van der Waals surface area contributed by atoms with Gasteiger partial charge in [0.2, 0.25) is 11.5 Å². The summed E-state index contributed by atoms with van der Waals surface area (Å²) < 4.78 is 20.6. The summed E-state index contributed by atoms with van der Waals surface area (Å²) in [6, 6.07) is 6.33. The van der Waals surface area contributed by atoms with Crippen LogP contribution in [0.1, 0.15) is 5.56 Å². The number of benzene rings is 1. The molecule has 0 saturated heterocycles. The molecule has 2 aliphatic heterocycles. The lowest BCUT2D eigenvalue weighted by atomic mass is 10.1. The minimum absolute atomic E-state index is 0.0128. The standard InChI is InChI=1S/C19H20N2O7/c1-25-15-7-4-13(5-8-15)12-28-19-11-10-14(6-9-16(19)22)20(17(23)26-2)21(19)18(24)27-3/h4-11,14H,12H2,1-3H3/t14-,19+/m0/s1. The smallest absolute Gasteiger partial charge is 0.432 e. The number of amides is 2. The zero-order chi connectivity index (χ0) is 20.3. The highest BCUT2D eigenvalue weighted by Crippen LogP contribution is 2.35. The van der Waals surface area contributed by atoms with Gasteiger partial charge in [-0.25, -0.2) is 9.59 Å². The number of methoxy groups -OCH3 is 3. The fourth-order valence-corrected chi connectivity index (χ4v) is 3.01. The number of rotatable bonds is 4. The monoisotopic (exact) mass is 388 g/mol. The highest BCUT2D eigenvalue weighted by atomic mass is 16.6. The normalized spacial score (nSPS) is 22.8. The van der Waals surface area contributed by atoms with Crippen molar-refractivity contribution in [1.82, 2.24) is 10.0 Å². The number of hydrogen-bond acceptors (Lipinski definition) is 7. The topological polar surface area (TPSA) is 94.6 Å². The molecule has 1 aromatic rings. The van der Waals surface area contributed by atoms with Crippen molar-refractivity contribution in [3.63, 3.8) is 0 Å². The molecule has 4 rings (SSSR count). The first-order chi connectivity index (χ1) is 13.5. The lowest BCUT2D eigenvalue weighted by molar-refractivity contribution is -0.194. The average molecular weight is 388 g/mol. The number of hydrazine groups is 1. The van der Waals surface area contributed by atoms with Crippen molar-refractivity contribution in [2.45, 2.75) is 18.4 Å². The summed E-state index contributed by atoms with van der Waals surface area (Å²) in [7, 11) is 3.88. The van der Waals surface area contributed by atoms with Crippen LogP contribution in [0.15, 0.2) is 48.6 Å². The van der Waals surface area contributed by atoms with E-state index >= 15 is 0 Å². The Morgan fingerprint density at radius 2 is 1.71 bits per heavy atom. The van der Waals surface area contributed by atoms with Gasteiger partial charge in [-0.05, 0) is 29.8 Å². The zero-order valence-electron chi connectivity index (χ0n) is 15.7. The molecule has 9 heteroatoms. The summed E-state index contributed by atoms with van der Waals surface area (Å²) in [5.74, 6) is 0.139. The third-order valence-corrected chi connectivity index (χ3v) is 4.46. The molecule has 2 bridgehead atoms. The number of carbonyl (C=O) groups is 3. The molecule has 9 nitrogen and oxygen atoms in total. The Kier molecular flexibility index (Phi) is 5.36. The summed E-state index contributed by atoms with van der Waals surface area (Å²) in [6.45, 7) is -0.0128. The Morgan fingerprint density at radius 1 is 1.04 bits per heavy atom. The minimum Gasteiger partial charge on any atom is -0.497 e. The lowest BCUT2D eigenvalue weighted by Crippen LogP contribution is -2.67. The molecule has 0 N–H and O–H groups in total. The van der Waals surface area contributed by atoms with E-state index < -0.39 is 29.7 Å². The van der Waals surface area contributed by atoms with Crippen LogP contribution in [0.3, 0.4) is 0 Å². The molecule has 0 fully saturated rings. The fraction of sp³-hybridized carbons (Fsp3) is 0.316. The van der Waals surface area contributed by atoms with Crippen LogP contribution in [-0.4, -0.2) is 61.1 Å². The first-order valence-corrected chi connectivity index (χ1v) is 8.41. The van der Waals surface area contributed by atoms with Gasteiger partial charge in [0, 0.05) is 0 Å². The average Bonchev–Trinajstić information content (AvgIpc) is 2.97. The predicted octanol–water partition coefficient (Wildman–Crippen LogP) is 2.04. The van der Waals surface area contributed by atoms with Crippen molar-refractivity contribution < 1.29 is 33.3 Å². The van der Waals surface area contributed by atoms with E-state index in [2.05, 4.69) is 0 Å². The number of nitrogens with zero attached hydrogens (tertiary/aromatic N) is 2. The second-order valence-electron chi connectivity index (χ2n) is 6.00. The van der Waals surface area contributed by atoms with Gasteiger partial charge >= 0.3 is 12.2 Å². The van der Waals surface area contributed by atoms with Crippen LogP contribution in [0.25, 0.3) is 0 Å². The molecule has 0 saturated carbocycles. The Bertz CT molecular complexity index is 833. The lowest BCUT2D eigenvalue weighted by Gasteiger charge is -2.46. The van der Waals surface area contributed by atoms with E-state index in [9.17, 15) is 14.4 Å². The van der Waals surface area contributed by atoms with Gasteiger partial charge in [0.1, 0.15) is 5.75 Å². The maximum absolute atomic E-state index is 12.9.